The Labute approximate surface area is 146 Å². The predicted octanol–water partition coefficient (Wildman–Crippen LogP) is 4.48. The molecule has 0 saturated heterocycles. The Morgan fingerprint density at radius 3 is 2.54 bits per heavy atom. The van der Waals surface area contributed by atoms with E-state index in [4.69, 9.17) is 26.8 Å². The molecule has 0 aliphatic carbocycles. The summed E-state index contributed by atoms with van der Waals surface area (Å²) < 4.78 is 11.0. The lowest BCUT2D eigenvalue weighted by atomic mass is 10.2. The van der Waals surface area contributed by atoms with Crippen LogP contribution in [0.2, 0.25) is 5.02 Å². The van der Waals surface area contributed by atoms with Crippen LogP contribution in [0.5, 0.6) is 11.5 Å². The van der Waals surface area contributed by atoms with Crippen molar-refractivity contribution in [2.45, 2.75) is 26.4 Å². The van der Waals surface area contributed by atoms with Crippen LogP contribution in [0.3, 0.4) is 0 Å². The highest BCUT2D eigenvalue weighted by Crippen LogP contribution is 2.37. The number of nitrogens with two attached hydrogens (primary N) is 1. The molecule has 2 aromatic rings. The Morgan fingerprint density at radius 1 is 1.29 bits per heavy atom. The number of hydrogen-bond acceptors (Lipinski definition) is 5. The number of carbonyl (C=O) groups is 1. The monoisotopic (exact) mass is 349 g/mol. The molecule has 0 aliphatic rings. The number of carbonyl (C=O) groups excluding carboxylic acids is 1. The van der Waals surface area contributed by atoms with Crippen molar-refractivity contribution < 1.29 is 14.3 Å². The summed E-state index contributed by atoms with van der Waals surface area (Å²) in [5, 5.41) is 0.280. The largest absolute Gasteiger partial charge is 0.456 e. The van der Waals surface area contributed by atoms with Crippen LogP contribution < -0.4 is 15.4 Å². The predicted molar refractivity (Wildman–Crippen MR) is 94.8 cm³/mol. The number of hydrogen-bond donors (Lipinski definition) is 1. The molecule has 0 saturated carbocycles. The summed E-state index contributed by atoms with van der Waals surface area (Å²) in [5.74, 6) is 1.01. The second-order valence-electron chi connectivity index (χ2n) is 6.17. The molecule has 1 aromatic carbocycles. The highest BCUT2D eigenvalue weighted by molar-refractivity contribution is 6.34. The molecule has 6 nitrogen and oxygen atoms in total. The van der Waals surface area contributed by atoms with Crippen LogP contribution >= 0.6 is 11.6 Å². The van der Waals surface area contributed by atoms with Crippen molar-refractivity contribution in [2.75, 3.05) is 17.7 Å². The number of benzene rings is 1. The first-order valence-corrected chi connectivity index (χ1v) is 7.69. The molecule has 1 aromatic heterocycles. The molecule has 2 rings (SSSR count). The Hall–Kier alpha value is -2.47. The van der Waals surface area contributed by atoms with Crippen molar-refractivity contribution in [1.29, 1.82) is 0 Å². The molecule has 0 atom stereocenters. The smallest absolute Gasteiger partial charge is 0.414 e. The second kappa shape index (κ2) is 6.97. The van der Waals surface area contributed by atoms with Gasteiger partial charge in [0.15, 0.2) is 0 Å². The van der Waals surface area contributed by atoms with Crippen LogP contribution in [-0.2, 0) is 4.74 Å². The van der Waals surface area contributed by atoms with Crippen molar-refractivity contribution in [3.05, 3.63) is 41.7 Å². The fraction of sp³-hybridized carbons (Fsp3) is 0.294. The van der Waals surface area contributed by atoms with Gasteiger partial charge in [-0.2, -0.15) is 0 Å². The summed E-state index contributed by atoms with van der Waals surface area (Å²) in [6.07, 6.45) is 2.68. The average Bonchev–Trinajstić information content (AvgIpc) is 2.45. The molecule has 1 amide bonds. The van der Waals surface area contributed by atoms with E-state index in [1.165, 1.54) is 4.90 Å². The van der Waals surface area contributed by atoms with Gasteiger partial charge >= 0.3 is 6.09 Å². The van der Waals surface area contributed by atoms with Crippen molar-refractivity contribution in [3.8, 4) is 11.5 Å². The molecule has 0 unspecified atom stereocenters. The fourth-order valence-electron chi connectivity index (χ4n) is 1.97. The molecule has 128 valence electrons. The minimum Gasteiger partial charge on any atom is -0.456 e. The van der Waals surface area contributed by atoms with Crippen LogP contribution in [-0.4, -0.2) is 23.7 Å². The molecular weight excluding hydrogens is 330 g/mol. The maximum Gasteiger partial charge on any atom is 0.414 e. The van der Waals surface area contributed by atoms with Gasteiger partial charge < -0.3 is 15.2 Å². The topological polar surface area (TPSA) is 77.7 Å². The van der Waals surface area contributed by atoms with Crippen LogP contribution in [0.4, 0.5) is 16.2 Å². The molecule has 24 heavy (non-hydrogen) atoms. The summed E-state index contributed by atoms with van der Waals surface area (Å²) in [6, 6.07) is 6.69. The van der Waals surface area contributed by atoms with E-state index in [1.807, 2.05) is 0 Å². The lowest BCUT2D eigenvalue weighted by Gasteiger charge is -2.26. The summed E-state index contributed by atoms with van der Waals surface area (Å²) in [7, 11) is 1.55. The zero-order chi connectivity index (χ0) is 17.9. The molecule has 7 heteroatoms. The van der Waals surface area contributed by atoms with Gasteiger partial charge in [0.25, 0.3) is 0 Å². The normalized spacial score (nSPS) is 11.0. The van der Waals surface area contributed by atoms with Gasteiger partial charge in [0.05, 0.1) is 22.6 Å². The van der Waals surface area contributed by atoms with Gasteiger partial charge in [-0.3, -0.25) is 9.88 Å². The minimum atomic E-state index is -0.615. The number of aromatic nitrogens is 1. The van der Waals surface area contributed by atoms with Crippen LogP contribution in [0, 0.1) is 0 Å². The lowest BCUT2D eigenvalue weighted by molar-refractivity contribution is 0.0589. The van der Waals surface area contributed by atoms with Crippen molar-refractivity contribution in [1.82, 2.24) is 4.98 Å². The molecule has 0 fully saturated rings. The molecule has 0 aliphatic heterocycles. The third-order valence-electron chi connectivity index (χ3n) is 2.94. The third kappa shape index (κ3) is 4.52. The molecule has 0 radical (unpaired) electrons. The van der Waals surface area contributed by atoms with Gasteiger partial charge in [0, 0.05) is 25.4 Å². The van der Waals surface area contributed by atoms with E-state index in [9.17, 15) is 4.79 Å². The van der Waals surface area contributed by atoms with E-state index in [0.29, 0.717) is 22.9 Å². The van der Waals surface area contributed by atoms with Gasteiger partial charge in [0.1, 0.15) is 17.1 Å². The fourth-order valence-corrected chi connectivity index (χ4v) is 2.32. The van der Waals surface area contributed by atoms with E-state index in [-0.39, 0.29) is 5.02 Å². The summed E-state index contributed by atoms with van der Waals surface area (Å²) in [4.78, 5) is 17.4. The quantitative estimate of drug-likeness (QED) is 0.826. The summed E-state index contributed by atoms with van der Waals surface area (Å²) in [5.41, 5.74) is 6.10. The Morgan fingerprint density at radius 2 is 2.00 bits per heavy atom. The van der Waals surface area contributed by atoms with Crippen LogP contribution in [0.15, 0.2) is 36.7 Å². The maximum absolute atomic E-state index is 12.2. The van der Waals surface area contributed by atoms with Crippen molar-refractivity contribution in [2.24, 2.45) is 0 Å². The number of anilines is 2. The molecule has 2 N–H and O–H groups in total. The van der Waals surface area contributed by atoms with Gasteiger partial charge in [0.2, 0.25) is 0 Å². The van der Waals surface area contributed by atoms with Crippen molar-refractivity contribution in [3.63, 3.8) is 0 Å². The number of nitrogens with zero attached hydrogens (tertiary/aromatic N) is 2. The first kappa shape index (κ1) is 17.9. The van der Waals surface area contributed by atoms with E-state index < -0.39 is 11.7 Å². The number of amides is 1. The molecular formula is C17H20ClN3O3. The SMILES string of the molecule is CN(C(=O)OC(C)(C)C)c1c(N)cc(Oc2cccnc2)cc1Cl. The van der Waals surface area contributed by atoms with Gasteiger partial charge in [-0.15, -0.1) is 0 Å². The third-order valence-corrected chi connectivity index (χ3v) is 3.23. The van der Waals surface area contributed by atoms with E-state index in [0.717, 1.165) is 0 Å². The first-order valence-electron chi connectivity index (χ1n) is 7.31. The van der Waals surface area contributed by atoms with Gasteiger partial charge in [-0.05, 0) is 32.9 Å². The number of nitrogen functional groups attached to an aromatic ring is 1. The van der Waals surface area contributed by atoms with Crippen LogP contribution in [0.1, 0.15) is 20.8 Å². The molecule has 0 bridgehead atoms. The zero-order valence-electron chi connectivity index (χ0n) is 14.0. The Kier molecular flexibility index (Phi) is 5.19. The Balaban J connectivity index is 2.25. The highest BCUT2D eigenvalue weighted by Gasteiger charge is 2.24. The highest BCUT2D eigenvalue weighted by atomic mass is 35.5. The number of ether oxygens (including phenoxy) is 2. The van der Waals surface area contributed by atoms with Gasteiger partial charge in [-0.25, -0.2) is 4.79 Å². The maximum atomic E-state index is 12.2. The zero-order valence-corrected chi connectivity index (χ0v) is 14.8. The molecule has 1 heterocycles. The first-order chi connectivity index (χ1) is 11.2. The number of rotatable bonds is 3. The average molecular weight is 350 g/mol. The van der Waals surface area contributed by atoms with Gasteiger partial charge in [-0.1, -0.05) is 11.6 Å². The van der Waals surface area contributed by atoms with Crippen molar-refractivity contribution >= 4 is 29.1 Å². The number of pyridine rings is 1. The lowest BCUT2D eigenvalue weighted by Crippen LogP contribution is -2.34. The standard InChI is InChI=1S/C17H20ClN3O3/c1-17(2,3)24-16(22)21(4)15-13(18)8-12(9-14(15)19)23-11-6-5-7-20-10-11/h5-10H,19H2,1-4H3. The molecule has 0 spiro atoms. The van der Waals surface area contributed by atoms with E-state index in [1.54, 1.807) is 64.5 Å². The minimum absolute atomic E-state index is 0.280. The number of halogens is 1. The Bertz CT molecular complexity index is 707. The summed E-state index contributed by atoms with van der Waals surface area (Å²) in [6.45, 7) is 5.36. The van der Waals surface area contributed by atoms with E-state index in [2.05, 4.69) is 4.98 Å². The second-order valence-corrected chi connectivity index (χ2v) is 6.58. The van der Waals surface area contributed by atoms with E-state index >= 15 is 0 Å². The van der Waals surface area contributed by atoms with Crippen LogP contribution in [0.25, 0.3) is 0 Å². The summed E-state index contributed by atoms with van der Waals surface area (Å²) >= 11 is 6.29.